The molecule has 8 heteroatoms. The number of nitrogens with one attached hydrogen (secondary N) is 1. The molecule has 0 saturated carbocycles. The monoisotopic (exact) mass is 243 g/mol. The fraction of sp³-hybridized carbons (Fsp3) is 0.200. The molecular weight excluding hydrogens is 234 g/mol. The van der Waals surface area contributed by atoms with Crippen LogP contribution in [-0.4, -0.2) is 30.8 Å². The quantitative estimate of drug-likeness (QED) is 0.689. The number of fused-ring (bicyclic) bond motifs is 1. The van der Waals surface area contributed by atoms with Gasteiger partial charge in [-0.15, -0.1) is 0 Å². The Morgan fingerprint density at radius 1 is 1.56 bits per heavy atom. The maximum Gasteiger partial charge on any atom is 0.266 e. The Morgan fingerprint density at radius 3 is 3.06 bits per heavy atom. The number of primary amides is 1. The molecule has 1 aliphatic rings. The molecule has 0 unspecified atom stereocenters. The first-order chi connectivity index (χ1) is 8.69. The molecule has 0 saturated heterocycles. The third-order valence-corrected chi connectivity index (χ3v) is 2.85. The summed E-state index contributed by atoms with van der Waals surface area (Å²) in [5.41, 5.74) is 7.26. The minimum atomic E-state index is -0.573. The lowest BCUT2D eigenvalue weighted by Crippen LogP contribution is -2.11. The number of hydrogen-bond donors (Lipinski definition) is 2. The summed E-state index contributed by atoms with van der Waals surface area (Å²) in [7, 11) is 0. The van der Waals surface area contributed by atoms with Crippen molar-refractivity contribution in [3.63, 3.8) is 0 Å². The summed E-state index contributed by atoms with van der Waals surface area (Å²) >= 11 is 0. The first kappa shape index (κ1) is 10.3. The highest BCUT2D eigenvalue weighted by Crippen LogP contribution is 2.23. The summed E-state index contributed by atoms with van der Waals surface area (Å²) in [6.45, 7) is 1.05. The van der Waals surface area contributed by atoms with Crippen molar-refractivity contribution in [1.82, 2.24) is 24.9 Å². The Hall–Kier alpha value is -2.82. The molecule has 1 aliphatic heterocycles. The lowest BCUT2D eigenvalue weighted by atomic mass is 10.3. The second-order valence-electron chi connectivity index (χ2n) is 3.99. The van der Waals surface area contributed by atoms with Crippen LogP contribution in [0.2, 0.25) is 0 Å². The number of rotatable bonds is 2. The Bertz CT molecular complexity index is 662. The molecule has 0 spiro atoms. The van der Waals surface area contributed by atoms with Crippen molar-refractivity contribution in [3.8, 4) is 12.0 Å². The second-order valence-corrected chi connectivity index (χ2v) is 3.99. The summed E-state index contributed by atoms with van der Waals surface area (Å²) in [4.78, 5) is 12.6. The number of carbonyl (C=O) groups excluding carboxylic acids is 1. The number of nitrogens with two attached hydrogens (primary N) is 1. The van der Waals surface area contributed by atoms with Crippen LogP contribution in [0.3, 0.4) is 0 Å². The molecule has 1 amide bonds. The molecule has 90 valence electrons. The lowest BCUT2D eigenvalue weighted by molar-refractivity contribution is 0.0995. The van der Waals surface area contributed by atoms with Gasteiger partial charge in [-0.05, 0) is 0 Å². The Labute approximate surface area is 102 Å². The molecule has 0 aliphatic carbocycles. The van der Waals surface area contributed by atoms with Gasteiger partial charge in [0.1, 0.15) is 5.69 Å². The molecule has 0 radical (unpaired) electrons. The fourth-order valence-electron chi connectivity index (χ4n) is 1.96. The average Bonchev–Trinajstić information content (AvgIpc) is 3.02. The highest BCUT2D eigenvalue weighted by Gasteiger charge is 2.24. The molecule has 2 aromatic heterocycles. The van der Waals surface area contributed by atoms with Crippen molar-refractivity contribution in [1.29, 1.82) is 5.26 Å². The molecule has 18 heavy (non-hydrogen) atoms. The lowest BCUT2D eigenvalue weighted by Gasteiger charge is -2.05. The third kappa shape index (κ3) is 1.41. The van der Waals surface area contributed by atoms with E-state index in [4.69, 9.17) is 11.0 Å². The summed E-state index contributed by atoms with van der Waals surface area (Å²) in [5.74, 6) is -0.0824. The number of carbonyl (C=O) groups is 1. The smallest absolute Gasteiger partial charge is 0.266 e. The van der Waals surface area contributed by atoms with Crippen molar-refractivity contribution in [3.05, 3.63) is 29.2 Å². The van der Waals surface area contributed by atoms with Crippen LogP contribution in [0, 0.1) is 11.5 Å². The van der Waals surface area contributed by atoms with Gasteiger partial charge in [0.2, 0.25) is 0 Å². The maximum atomic E-state index is 11.0. The van der Waals surface area contributed by atoms with E-state index in [1.54, 1.807) is 15.8 Å². The van der Waals surface area contributed by atoms with E-state index in [2.05, 4.69) is 21.5 Å². The fourth-order valence-corrected chi connectivity index (χ4v) is 1.96. The predicted octanol–water partition coefficient (Wildman–Crippen LogP) is -0.509. The van der Waals surface area contributed by atoms with Gasteiger partial charge >= 0.3 is 0 Å². The van der Waals surface area contributed by atoms with E-state index >= 15 is 0 Å². The van der Waals surface area contributed by atoms with Crippen molar-refractivity contribution >= 4 is 5.91 Å². The third-order valence-electron chi connectivity index (χ3n) is 2.85. The van der Waals surface area contributed by atoms with Gasteiger partial charge in [0, 0.05) is 11.6 Å². The average molecular weight is 243 g/mol. The highest BCUT2D eigenvalue weighted by molar-refractivity contribution is 5.91. The van der Waals surface area contributed by atoms with Crippen LogP contribution in [0.1, 0.15) is 21.7 Å². The largest absolute Gasteiger partial charge is 0.364 e. The van der Waals surface area contributed by atoms with Gasteiger partial charge in [-0.2, -0.15) is 15.5 Å². The zero-order valence-electron chi connectivity index (χ0n) is 9.29. The predicted molar refractivity (Wildman–Crippen MR) is 59.1 cm³/mol. The van der Waals surface area contributed by atoms with Gasteiger partial charge in [-0.1, -0.05) is 0 Å². The molecule has 8 nitrogen and oxygen atoms in total. The molecule has 0 aromatic carbocycles. The Morgan fingerprint density at radius 2 is 2.39 bits per heavy atom. The molecular formula is C10H9N7O. The van der Waals surface area contributed by atoms with Crippen molar-refractivity contribution in [2.45, 2.75) is 13.1 Å². The zero-order valence-corrected chi connectivity index (χ0v) is 9.29. The van der Waals surface area contributed by atoms with Crippen LogP contribution in [0.25, 0.3) is 5.82 Å². The van der Waals surface area contributed by atoms with Crippen LogP contribution in [0.5, 0.6) is 0 Å². The van der Waals surface area contributed by atoms with Gasteiger partial charge in [0.05, 0.1) is 25.0 Å². The molecule has 2 aromatic rings. The van der Waals surface area contributed by atoms with Crippen LogP contribution in [-0.2, 0) is 13.1 Å². The van der Waals surface area contributed by atoms with Crippen LogP contribution in [0.4, 0.5) is 0 Å². The number of nitriles is 1. The Balaban J connectivity index is 1.99. The SMILES string of the molecule is N#CN1Cc2cnn(-c3cc(C(N)=O)[nH]n3)c2C1. The number of H-pyrrole nitrogens is 1. The maximum absolute atomic E-state index is 11.0. The van der Waals surface area contributed by atoms with E-state index in [9.17, 15) is 4.79 Å². The van der Waals surface area contributed by atoms with E-state index in [0.29, 0.717) is 18.9 Å². The first-order valence-corrected chi connectivity index (χ1v) is 5.25. The number of aromatic amines is 1. The van der Waals surface area contributed by atoms with Crippen molar-refractivity contribution < 1.29 is 4.79 Å². The topological polar surface area (TPSA) is 117 Å². The van der Waals surface area contributed by atoms with Gasteiger partial charge in [0.25, 0.3) is 5.91 Å². The van der Waals surface area contributed by atoms with Gasteiger partial charge in [0.15, 0.2) is 12.0 Å². The van der Waals surface area contributed by atoms with Gasteiger partial charge in [-0.3, -0.25) is 9.89 Å². The van der Waals surface area contributed by atoms with Crippen LogP contribution >= 0.6 is 0 Å². The summed E-state index contributed by atoms with van der Waals surface area (Å²) in [6.07, 6.45) is 3.79. The zero-order chi connectivity index (χ0) is 12.7. The molecule has 3 N–H and O–H groups in total. The van der Waals surface area contributed by atoms with E-state index in [-0.39, 0.29) is 5.69 Å². The van der Waals surface area contributed by atoms with E-state index < -0.39 is 5.91 Å². The van der Waals surface area contributed by atoms with Crippen LogP contribution in [0.15, 0.2) is 12.3 Å². The highest BCUT2D eigenvalue weighted by atomic mass is 16.1. The Kier molecular flexibility index (Phi) is 2.06. The first-order valence-electron chi connectivity index (χ1n) is 5.25. The number of amides is 1. The number of nitrogens with zero attached hydrogens (tertiary/aromatic N) is 5. The number of aromatic nitrogens is 4. The standard InChI is InChI=1S/C10H9N7O/c11-5-16-3-6-2-13-17(8(6)4-16)9-1-7(10(12)18)14-15-9/h1-2H,3-4H2,(H2,12,18)(H,14,15). The molecule has 0 atom stereocenters. The normalized spacial score (nSPS) is 13.4. The minimum absolute atomic E-state index is 0.226. The van der Waals surface area contributed by atoms with Crippen molar-refractivity contribution in [2.75, 3.05) is 0 Å². The molecule has 3 heterocycles. The summed E-state index contributed by atoms with van der Waals surface area (Å²) in [5, 5.41) is 19.6. The van der Waals surface area contributed by atoms with E-state index in [0.717, 1.165) is 11.3 Å². The molecule has 0 bridgehead atoms. The van der Waals surface area contributed by atoms with Gasteiger partial charge < -0.3 is 10.6 Å². The van der Waals surface area contributed by atoms with Crippen molar-refractivity contribution in [2.24, 2.45) is 5.73 Å². The van der Waals surface area contributed by atoms with Gasteiger partial charge in [-0.25, -0.2) is 4.68 Å². The van der Waals surface area contributed by atoms with Crippen LogP contribution < -0.4 is 5.73 Å². The summed E-state index contributed by atoms with van der Waals surface area (Å²) in [6, 6.07) is 1.53. The summed E-state index contributed by atoms with van der Waals surface area (Å²) < 4.78 is 1.61. The molecule has 3 rings (SSSR count). The van der Waals surface area contributed by atoms with E-state index in [1.807, 2.05) is 0 Å². The number of hydrogen-bond acceptors (Lipinski definition) is 5. The van der Waals surface area contributed by atoms with E-state index in [1.165, 1.54) is 6.07 Å². The second kappa shape index (κ2) is 3.59. The molecule has 0 fully saturated rings. The minimum Gasteiger partial charge on any atom is -0.364 e.